The Labute approximate surface area is 114 Å². The summed E-state index contributed by atoms with van der Waals surface area (Å²) in [7, 11) is 0. The maximum absolute atomic E-state index is 12.4. The molecule has 3 N–H and O–H groups in total. The minimum absolute atomic E-state index is 0.0592. The Morgan fingerprint density at radius 2 is 2.32 bits per heavy atom. The van der Waals surface area contributed by atoms with Crippen molar-refractivity contribution in [3.05, 3.63) is 17.1 Å². The van der Waals surface area contributed by atoms with Crippen molar-refractivity contribution in [3.8, 4) is 0 Å². The molecule has 2 aromatic rings. The summed E-state index contributed by atoms with van der Waals surface area (Å²) in [5.41, 5.74) is 6.45. The molecule has 0 radical (unpaired) electrons. The number of amides is 1. The van der Waals surface area contributed by atoms with Gasteiger partial charge in [0.25, 0.3) is 5.91 Å². The van der Waals surface area contributed by atoms with Crippen LogP contribution < -0.4 is 5.73 Å². The average Bonchev–Trinajstić information content (AvgIpc) is 2.76. The number of hydrogen-bond donors (Lipinski definition) is 2. The van der Waals surface area contributed by atoms with E-state index in [1.807, 2.05) is 6.92 Å². The molecule has 0 aromatic carbocycles. The highest BCUT2D eigenvalue weighted by atomic mass is 32.1. The molecule has 6 nitrogen and oxygen atoms in total. The molecular formula is C12H16N4O2S. The monoisotopic (exact) mass is 280 g/mol. The first-order chi connectivity index (χ1) is 9.19. The van der Waals surface area contributed by atoms with Gasteiger partial charge in [-0.15, -0.1) is 16.4 Å². The molecule has 0 saturated heterocycles. The second-order valence-corrected chi connectivity index (χ2v) is 5.11. The molecule has 0 aliphatic heterocycles. The Balaban J connectivity index is 2.37. The fraction of sp³-hybridized carbons (Fsp3) is 0.417. The number of thiophene rings is 1. The Kier molecular flexibility index (Phi) is 4.28. The first kappa shape index (κ1) is 13.7. The van der Waals surface area contributed by atoms with Gasteiger partial charge >= 0.3 is 0 Å². The summed E-state index contributed by atoms with van der Waals surface area (Å²) >= 11 is 1.24. The van der Waals surface area contributed by atoms with Crippen molar-refractivity contribution < 1.29 is 9.90 Å². The quantitative estimate of drug-likeness (QED) is 0.856. The first-order valence-electron chi connectivity index (χ1n) is 6.08. The predicted octanol–water partition coefficient (Wildman–Crippen LogP) is 1.12. The summed E-state index contributed by atoms with van der Waals surface area (Å²) < 4.78 is 0. The lowest BCUT2D eigenvalue weighted by Crippen LogP contribution is -2.34. The van der Waals surface area contributed by atoms with E-state index in [9.17, 15) is 4.79 Å². The third-order valence-corrected chi connectivity index (χ3v) is 3.86. The van der Waals surface area contributed by atoms with Crippen molar-refractivity contribution in [3.63, 3.8) is 0 Å². The summed E-state index contributed by atoms with van der Waals surface area (Å²) in [4.78, 5) is 15.1. The van der Waals surface area contributed by atoms with E-state index in [1.165, 1.54) is 11.3 Å². The molecule has 0 aliphatic carbocycles. The van der Waals surface area contributed by atoms with Crippen LogP contribution in [0.25, 0.3) is 10.2 Å². The van der Waals surface area contributed by atoms with Crippen LogP contribution in [0.5, 0.6) is 0 Å². The summed E-state index contributed by atoms with van der Waals surface area (Å²) in [5, 5.41) is 17.5. The number of carbonyl (C=O) groups is 1. The van der Waals surface area contributed by atoms with E-state index in [-0.39, 0.29) is 12.5 Å². The molecular weight excluding hydrogens is 264 g/mol. The van der Waals surface area contributed by atoms with Crippen LogP contribution in [-0.4, -0.2) is 45.8 Å². The van der Waals surface area contributed by atoms with Crippen LogP contribution in [0.3, 0.4) is 0 Å². The van der Waals surface area contributed by atoms with Gasteiger partial charge < -0.3 is 15.7 Å². The van der Waals surface area contributed by atoms with Crippen LogP contribution in [0.2, 0.25) is 0 Å². The minimum Gasteiger partial charge on any atom is -0.397 e. The second-order valence-electron chi connectivity index (χ2n) is 4.11. The molecule has 0 bridgehead atoms. The molecule has 102 valence electrons. The average molecular weight is 280 g/mol. The molecule has 0 saturated carbocycles. The Morgan fingerprint density at radius 3 is 2.95 bits per heavy atom. The summed E-state index contributed by atoms with van der Waals surface area (Å²) in [6.45, 7) is 2.83. The summed E-state index contributed by atoms with van der Waals surface area (Å²) in [6.07, 6.45) is 2.38. The minimum atomic E-state index is -0.156. The Hall–Kier alpha value is -1.73. The van der Waals surface area contributed by atoms with Crippen molar-refractivity contribution in [1.82, 2.24) is 15.1 Å². The number of anilines is 1. The number of hydrogen-bond acceptors (Lipinski definition) is 6. The molecule has 0 atom stereocenters. The van der Waals surface area contributed by atoms with Gasteiger partial charge in [-0.1, -0.05) is 6.92 Å². The van der Waals surface area contributed by atoms with Crippen LogP contribution in [0.1, 0.15) is 23.0 Å². The largest absolute Gasteiger partial charge is 0.397 e. The topological polar surface area (TPSA) is 92.3 Å². The fourth-order valence-electron chi connectivity index (χ4n) is 1.88. The van der Waals surface area contributed by atoms with E-state index in [1.54, 1.807) is 17.2 Å². The lowest BCUT2D eigenvalue weighted by atomic mass is 10.2. The lowest BCUT2D eigenvalue weighted by Gasteiger charge is -2.20. The van der Waals surface area contributed by atoms with Crippen molar-refractivity contribution >= 4 is 33.1 Å². The number of rotatable bonds is 5. The molecule has 2 aromatic heterocycles. The Morgan fingerprint density at radius 1 is 1.53 bits per heavy atom. The molecule has 7 heteroatoms. The van der Waals surface area contributed by atoms with Gasteiger partial charge in [0.15, 0.2) is 0 Å². The zero-order valence-corrected chi connectivity index (χ0v) is 11.5. The summed E-state index contributed by atoms with van der Waals surface area (Å²) in [5.74, 6) is -0.156. The second kappa shape index (κ2) is 5.94. The van der Waals surface area contributed by atoms with Crippen molar-refractivity contribution in [2.24, 2.45) is 0 Å². The highest BCUT2D eigenvalue weighted by Crippen LogP contribution is 2.32. The predicted molar refractivity (Wildman–Crippen MR) is 75.1 cm³/mol. The van der Waals surface area contributed by atoms with Crippen molar-refractivity contribution in [2.45, 2.75) is 13.3 Å². The van der Waals surface area contributed by atoms with E-state index in [2.05, 4.69) is 10.2 Å². The van der Waals surface area contributed by atoms with Crippen LogP contribution in [0.4, 0.5) is 5.69 Å². The standard InChI is InChI=1S/C12H16N4O2S/c1-2-5-16(6-7-17)12(18)10-9(13)8-3-4-14-15-11(8)19-10/h3-4,17H,2,5-7,13H2,1H3. The van der Waals surface area contributed by atoms with E-state index in [4.69, 9.17) is 10.8 Å². The van der Waals surface area contributed by atoms with Crippen LogP contribution in [0.15, 0.2) is 12.3 Å². The number of aliphatic hydroxyl groups is 1. The number of nitrogens with two attached hydrogens (primary N) is 1. The van der Waals surface area contributed by atoms with E-state index >= 15 is 0 Å². The number of nitrogen functional groups attached to an aromatic ring is 1. The molecule has 0 spiro atoms. The maximum Gasteiger partial charge on any atom is 0.266 e. The van der Waals surface area contributed by atoms with Gasteiger partial charge in [-0.05, 0) is 12.5 Å². The molecule has 19 heavy (non-hydrogen) atoms. The zero-order chi connectivity index (χ0) is 13.8. The van der Waals surface area contributed by atoms with Gasteiger partial charge in [0, 0.05) is 18.5 Å². The number of fused-ring (bicyclic) bond motifs is 1. The van der Waals surface area contributed by atoms with Crippen LogP contribution in [0, 0.1) is 0 Å². The van der Waals surface area contributed by atoms with Crippen molar-refractivity contribution in [2.75, 3.05) is 25.4 Å². The third-order valence-electron chi connectivity index (χ3n) is 2.77. The van der Waals surface area contributed by atoms with Crippen molar-refractivity contribution in [1.29, 1.82) is 0 Å². The number of carbonyl (C=O) groups excluding carboxylic acids is 1. The molecule has 0 fully saturated rings. The fourth-order valence-corrected chi connectivity index (χ4v) is 2.89. The van der Waals surface area contributed by atoms with Crippen LogP contribution >= 0.6 is 11.3 Å². The smallest absolute Gasteiger partial charge is 0.266 e. The van der Waals surface area contributed by atoms with Gasteiger partial charge in [0.05, 0.1) is 18.5 Å². The highest BCUT2D eigenvalue weighted by Gasteiger charge is 2.21. The first-order valence-corrected chi connectivity index (χ1v) is 6.90. The molecule has 2 rings (SSSR count). The van der Waals surface area contributed by atoms with E-state index in [0.717, 1.165) is 11.8 Å². The number of aliphatic hydroxyl groups excluding tert-OH is 1. The Bertz CT molecular complexity index is 578. The molecule has 2 heterocycles. The molecule has 0 unspecified atom stereocenters. The van der Waals surface area contributed by atoms with Gasteiger partial charge in [-0.3, -0.25) is 4.79 Å². The molecule has 1 amide bonds. The summed E-state index contributed by atoms with van der Waals surface area (Å²) in [6, 6.07) is 1.75. The lowest BCUT2D eigenvalue weighted by molar-refractivity contribution is 0.0728. The van der Waals surface area contributed by atoms with Crippen LogP contribution in [-0.2, 0) is 0 Å². The van der Waals surface area contributed by atoms with Gasteiger partial charge in [-0.2, -0.15) is 5.10 Å². The van der Waals surface area contributed by atoms with Gasteiger partial charge in [0.2, 0.25) is 0 Å². The SMILES string of the molecule is CCCN(CCO)C(=O)c1sc2nnccc2c1N. The maximum atomic E-state index is 12.4. The number of aromatic nitrogens is 2. The van der Waals surface area contributed by atoms with E-state index in [0.29, 0.717) is 28.5 Å². The number of nitrogens with zero attached hydrogens (tertiary/aromatic N) is 3. The normalized spacial score (nSPS) is 10.8. The highest BCUT2D eigenvalue weighted by molar-refractivity contribution is 7.21. The van der Waals surface area contributed by atoms with Gasteiger partial charge in [0.1, 0.15) is 9.71 Å². The van der Waals surface area contributed by atoms with Gasteiger partial charge in [-0.25, -0.2) is 0 Å². The third kappa shape index (κ3) is 2.66. The van der Waals surface area contributed by atoms with E-state index < -0.39 is 0 Å². The molecule has 0 aliphatic rings. The zero-order valence-electron chi connectivity index (χ0n) is 10.7.